The first-order valence-corrected chi connectivity index (χ1v) is 6.39. The van der Waals surface area contributed by atoms with E-state index in [1.165, 1.54) is 0 Å². The van der Waals surface area contributed by atoms with E-state index in [2.05, 4.69) is 0 Å². The van der Waals surface area contributed by atoms with Gasteiger partial charge in [0.2, 0.25) is 0 Å². The van der Waals surface area contributed by atoms with Crippen LogP contribution in [-0.2, 0) is 12.5 Å². The van der Waals surface area contributed by atoms with Crippen molar-refractivity contribution in [3.05, 3.63) is 11.5 Å². The van der Waals surface area contributed by atoms with Crippen LogP contribution in [0, 0.1) is 0 Å². The Morgan fingerprint density at radius 2 is 2.31 bits per heavy atom. The summed E-state index contributed by atoms with van der Waals surface area (Å²) in [6, 6.07) is -0.200. The molecular weight excluding hydrogens is 321 g/mol. The zero-order chi connectivity index (χ0) is 12.1. The molecule has 4 nitrogen and oxygen atoms in total. The topological polar surface area (TPSA) is 47.9 Å². The highest BCUT2D eigenvalue weighted by Gasteiger charge is 2.68. The van der Waals surface area contributed by atoms with Crippen molar-refractivity contribution in [2.24, 2.45) is 0 Å². The van der Waals surface area contributed by atoms with E-state index in [9.17, 15) is 5.11 Å². The molecule has 0 aromatic heterocycles. The Kier molecular flexibility index (Phi) is 3.00. The highest BCUT2D eigenvalue weighted by atomic mass is 127. The second-order valence-corrected chi connectivity index (χ2v) is 5.13. The second kappa shape index (κ2) is 3.81. The zero-order valence-electron chi connectivity index (χ0n) is 9.91. The summed E-state index contributed by atoms with van der Waals surface area (Å²) in [6.45, 7) is 3.91. The Labute approximate surface area is 111 Å². The lowest BCUT2D eigenvalue weighted by Crippen LogP contribution is -2.63. The third kappa shape index (κ3) is 1.25. The first-order valence-electron chi connectivity index (χ1n) is 5.50. The smallest absolute Gasteiger partial charge is 0.185 e. The number of hydrogen-bond acceptors (Lipinski definition) is 4. The van der Waals surface area contributed by atoms with Crippen molar-refractivity contribution in [2.75, 3.05) is 0 Å². The Balaban J connectivity index is 2.48. The largest absolute Gasteiger partial charge is 0.506 e. The quantitative estimate of drug-likeness (QED) is 0.583. The molecule has 0 aromatic rings. The van der Waals surface area contributed by atoms with Gasteiger partial charge in [-0.2, -0.15) is 0 Å². The van der Waals surface area contributed by atoms with Crippen LogP contribution in [0.4, 0.5) is 0 Å². The molecule has 1 N–H and O–H groups in total. The van der Waals surface area contributed by atoms with Crippen molar-refractivity contribution in [2.45, 2.75) is 43.5 Å². The Hall–Kier alpha value is 0.120. The van der Waals surface area contributed by atoms with Crippen LogP contribution in [0.2, 0.25) is 0 Å². The first kappa shape index (κ1) is 12.6. The Morgan fingerprint density at radius 3 is 2.75 bits per heavy atom. The van der Waals surface area contributed by atoms with E-state index in [4.69, 9.17) is 12.5 Å². The molecular formula is C9H15B2IO4. The molecule has 88 valence electrons. The van der Waals surface area contributed by atoms with E-state index in [0.717, 1.165) is 6.42 Å². The van der Waals surface area contributed by atoms with E-state index in [-0.39, 0.29) is 17.9 Å². The number of aliphatic hydroxyl groups is 1. The Bertz CT molecular complexity index is 350. The van der Waals surface area contributed by atoms with E-state index in [1.54, 1.807) is 0 Å². The number of ether oxygens (including phenoxy) is 2. The molecule has 0 spiro atoms. The van der Waals surface area contributed by atoms with Crippen molar-refractivity contribution >= 4 is 38.7 Å². The van der Waals surface area contributed by atoms with Gasteiger partial charge < -0.3 is 17.6 Å². The van der Waals surface area contributed by atoms with Crippen LogP contribution in [0.3, 0.4) is 0 Å². The highest BCUT2D eigenvalue weighted by Crippen LogP contribution is 2.54. The summed E-state index contributed by atoms with van der Waals surface area (Å²) in [5.41, 5.74) is -1.42. The molecule has 4 atom stereocenters. The molecule has 0 fully saturated rings. The molecule has 0 saturated heterocycles. The Morgan fingerprint density at radius 1 is 1.69 bits per heavy atom. The number of rotatable bonds is 3. The lowest BCUT2D eigenvalue weighted by Gasteiger charge is -2.47. The summed E-state index contributed by atoms with van der Waals surface area (Å²) < 4.78 is 17.2. The minimum atomic E-state index is -0.863. The maximum atomic E-state index is 10.3. The molecule has 0 amide bonds. The summed E-state index contributed by atoms with van der Waals surface area (Å²) in [5, 5.41) is 10.3. The fraction of sp³-hybridized carbons (Fsp3) is 0.778. The van der Waals surface area contributed by atoms with Gasteiger partial charge >= 0.3 is 0 Å². The standard InChI is InChI=1S/C9H15B2IO4/c1-3-8(11)9(4(2)16-12)6(13)5(14-8)7(10)15-9/h4,7,13H,3,10-11H2,1-2H3. The molecule has 2 aliphatic rings. The van der Waals surface area contributed by atoms with Gasteiger partial charge in [0, 0.05) is 0 Å². The number of aliphatic hydroxyl groups excluding tert-OH is 1. The third-order valence-corrected chi connectivity index (χ3v) is 4.58. The summed E-state index contributed by atoms with van der Waals surface area (Å²) in [5.74, 6) is 0.762. The number of fused-ring (bicyclic) bond motifs is 1. The van der Waals surface area contributed by atoms with Gasteiger partial charge in [-0.25, -0.2) is 0 Å². The van der Waals surface area contributed by atoms with Crippen LogP contribution in [-0.4, -0.2) is 44.0 Å². The molecule has 2 rings (SSSR count). The van der Waals surface area contributed by atoms with Crippen molar-refractivity contribution in [3.8, 4) is 0 Å². The summed E-state index contributed by atoms with van der Waals surface area (Å²) >= 11 is 1.84. The van der Waals surface area contributed by atoms with Gasteiger partial charge in [-0.15, -0.1) is 0 Å². The lowest BCUT2D eigenvalue weighted by molar-refractivity contribution is -0.190. The van der Waals surface area contributed by atoms with Crippen molar-refractivity contribution in [3.63, 3.8) is 0 Å². The molecule has 7 heteroatoms. The molecule has 16 heavy (non-hydrogen) atoms. The van der Waals surface area contributed by atoms with Crippen molar-refractivity contribution < 1.29 is 17.6 Å². The van der Waals surface area contributed by atoms with Gasteiger partial charge in [-0.05, 0) is 13.3 Å². The highest BCUT2D eigenvalue weighted by molar-refractivity contribution is 14.1. The molecule has 2 bridgehead atoms. The molecule has 0 aromatic carbocycles. The lowest BCUT2D eigenvalue weighted by atomic mass is 9.64. The fourth-order valence-electron chi connectivity index (χ4n) is 2.70. The van der Waals surface area contributed by atoms with E-state index < -0.39 is 11.1 Å². The molecule has 0 aliphatic carbocycles. The maximum Gasteiger partial charge on any atom is 0.185 e. The van der Waals surface area contributed by atoms with Gasteiger partial charge in [0.15, 0.2) is 25.0 Å². The van der Waals surface area contributed by atoms with Crippen LogP contribution in [0.25, 0.3) is 0 Å². The predicted octanol–water partition coefficient (Wildman–Crippen LogP) is 0.00890. The SMILES string of the molecule is BC1OC2(C(C)OI)C(O)=C1OC2(B)CC. The monoisotopic (exact) mass is 336 g/mol. The molecule has 2 aliphatic heterocycles. The number of halogens is 1. The van der Waals surface area contributed by atoms with Crippen LogP contribution < -0.4 is 0 Å². The van der Waals surface area contributed by atoms with Gasteiger partial charge in [-0.3, -0.25) is 0 Å². The van der Waals surface area contributed by atoms with Gasteiger partial charge in [0.25, 0.3) is 0 Å². The summed E-state index contributed by atoms with van der Waals surface area (Å²) in [4.78, 5) is 0. The summed E-state index contributed by atoms with van der Waals surface area (Å²) in [7, 11) is 3.83. The minimum Gasteiger partial charge on any atom is -0.506 e. The van der Waals surface area contributed by atoms with Crippen LogP contribution in [0.15, 0.2) is 11.5 Å². The molecule has 4 unspecified atom stereocenters. The van der Waals surface area contributed by atoms with Gasteiger partial charge in [-0.1, -0.05) is 6.92 Å². The van der Waals surface area contributed by atoms with Crippen molar-refractivity contribution in [1.82, 2.24) is 0 Å². The van der Waals surface area contributed by atoms with E-state index in [1.807, 2.05) is 52.5 Å². The van der Waals surface area contributed by atoms with Crippen molar-refractivity contribution in [1.29, 1.82) is 0 Å². The first-order chi connectivity index (χ1) is 7.43. The number of hydrogen-bond donors (Lipinski definition) is 1. The third-order valence-electron chi connectivity index (χ3n) is 3.82. The van der Waals surface area contributed by atoms with Gasteiger partial charge in [0.05, 0.1) is 6.00 Å². The average molecular weight is 336 g/mol. The van der Waals surface area contributed by atoms with E-state index >= 15 is 0 Å². The second-order valence-electron chi connectivity index (χ2n) is 4.63. The maximum absolute atomic E-state index is 10.3. The van der Waals surface area contributed by atoms with Gasteiger partial charge in [0.1, 0.15) is 42.5 Å². The zero-order valence-corrected chi connectivity index (χ0v) is 12.1. The van der Waals surface area contributed by atoms with Crippen LogP contribution in [0.1, 0.15) is 20.3 Å². The van der Waals surface area contributed by atoms with E-state index in [0.29, 0.717) is 5.76 Å². The van der Waals surface area contributed by atoms with Crippen LogP contribution in [0.5, 0.6) is 0 Å². The molecule has 0 radical (unpaired) electrons. The predicted molar refractivity (Wildman–Crippen MR) is 73.0 cm³/mol. The normalized spacial score (nSPS) is 43.6. The average Bonchev–Trinajstić information content (AvgIpc) is 2.65. The van der Waals surface area contributed by atoms with Crippen LogP contribution >= 0.6 is 23.0 Å². The minimum absolute atomic E-state index is 0.200. The molecule has 2 heterocycles. The summed E-state index contributed by atoms with van der Waals surface area (Å²) in [6.07, 6.45) is 0.484. The molecule has 0 saturated carbocycles. The fourth-order valence-corrected chi connectivity index (χ4v) is 3.06.